The van der Waals surface area contributed by atoms with Crippen LogP contribution in [0.1, 0.15) is 46.2 Å². The molecule has 1 aromatic rings. The average Bonchev–Trinajstić information content (AvgIpc) is 2.68. The van der Waals surface area contributed by atoms with Crippen molar-refractivity contribution in [1.29, 1.82) is 0 Å². The molecule has 0 amide bonds. The summed E-state index contributed by atoms with van der Waals surface area (Å²) < 4.78 is 11.6. The van der Waals surface area contributed by atoms with Gasteiger partial charge < -0.3 is 9.47 Å². The number of nitrogens with zero attached hydrogens (tertiary/aromatic N) is 3. The number of azide groups is 1. The van der Waals surface area contributed by atoms with Crippen LogP contribution in [0.4, 0.5) is 0 Å². The first-order valence-corrected chi connectivity index (χ1v) is 7.17. The topological polar surface area (TPSA) is 84.3 Å². The molecule has 2 rings (SSSR count). The molecule has 1 saturated heterocycles. The molecule has 0 aromatic heterocycles. The van der Waals surface area contributed by atoms with Gasteiger partial charge in [-0.2, -0.15) is 0 Å². The van der Waals surface area contributed by atoms with Gasteiger partial charge in [0.05, 0.1) is 0 Å². The number of carbonyl (C=O) groups excluding carboxylic acids is 1. The molecule has 22 heavy (non-hydrogen) atoms. The van der Waals surface area contributed by atoms with E-state index in [4.69, 9.17) is 15.0 Å². The highest BCUT2D eigenvalue weighted by atomic mass is 16.8. The van der Waals surface area contributed by atoms with Gasteiger partial charge in [-0.15, -0.1) is 0 Å². The second-order valence-electron chi connectivity index (χ2n) is 6.81. The van der Waals surface area contributed by atoms with Crippen LogP contribution in [-0.2, 0) is 14.3 Å². The van der Waals surface area contributed by atoms with Crippen LogP contribution in [0.2, 0.25) is 0 Å². The summed E-state index contributed by atoms with van der Waals surface area (Å²) in [4.78, 5) is 15.4. The highest BCUT2D eigenvalue weighted by molar-refractivity contribution is 5.82. The fraction of sp³-hybridized carbons (Fsp3) is 0.562. The van der Waals surface area contributed by atoms with Crippen LogP contribution in [0, 0.1) is 5.41 Å². The van der Waals surface area contributed by atoms with Crippen molar-refractivity contribution in [2.75, 3.05) is 0 Å². The van der Waals surface area contributed by atoms with Gasteiger partial charge in [-0.3, -0.25) is 0 Å². The molecule has 1 fully saturated rings. The summed E-state index contributed by atoms with van der Waals surface area (Å²) in [5, 5.41) is 3.80. The lowest BCUT2D eigenvalue weighted by atomic mass is 9.86. The van der Waals surface area contributed by atoms with Crippen LogP contribution in [0.5, 0.6) is 0 Å². The van der Waals surface area contributed by atoms with Gasteiger partial charge in [-0.25, -0.2) is 4.79 Å². The summed E-state index contributed by atoms with van der Waals surface area (Å²) in [5.41, 5.74) is 7.82. The smallest absolute Gasteiger partial charge is 0.341 e. The zero-order valence-electron chi connectivity index (χ0n) is 13.5. The molecular formula is C16H21N3O3. The predicted octanol–water partition coefficient (Wildman–Crippen LogP) is 4.13. The molecule has 3 atom stereocenters. The third-order valence-corrected chi connectivity index (χ3v) is 4.27. The summed E-state index contributed by atoms with van der Waals surface area (Å²) in [7, 11) is 0. The number of carbonyl (C=O) groups is 1. The minimum absolute atomic E-state index is 0.419. The van der Waals surface area contributed by atoms with Crippen molar-refractivity contribution in [3.8, 4) is 0 Å². The second kappa shape index (κ2) is 5.30. The zero-order chi connectivity index (χ0) is 16.6. The Morgan fingerprint density at radius 1 is 1.23 bits per heavy atom. The second-order valence-corrected chi connectivity index (χ2v) is 6.81. The van der Waals surface area contributed by atoms with Crippen LogP contribution < -0.4 is 0 Å². The number of ether oxygens (including phenoxy) is 2. The highest BCUT2D eigenvalue weighted by Crippen LogP contribution is 2.49. The van der Waals surface area contributed by atoms with E-state index in [-0.39, 0.29) is 0 Å². The monoisotopic (exact) mass is 303 g/mol. The molecule has 1 aromatic carbocycles. The third-order valence-electron chi connectivity index (χ3n) is 4.27. The molecule has 0 aliphatic carbocycles. The minimum Gasteiger partial charge on any atom is -0.431 e. The molecule has 0 N–H and O–H groups in total. The molecule has 1 aliphatic heterocycles. The first-order valence-electron chi connectivity index (χ1n) is 7.17. The lowest BCUT2D eigenvalue weighted by molar-refractivity contribution is -0.232. The molecule has 6 nitrogen and oxygen atoms in total. The minimum atomic E-state index is -1.37. The summed E-state index contributed by atoms with van der Waals surface area (Å²) in [6.07, 6.45) is 0. The number of hydrogen-bond donors (Lipinski definition) is 0. The maximum Gasteiger partial charge on any atom is 0.341 e. The van der Waals surface area contributed by atoms with Crippen LogP contribution >= 0.6 is 0 Å². The molecule has 118 valence electrons. The first-order chi connectivity index (χ1) is 10.1. The van der Waals surface area contributed by atoms with Crippen molar-refractivity contribution in [3.05, 3.63) is 46.3 Å². The van der Waals surface area contributed by atoms with E-state index in [0.717, 1.165) is 0 Å². The Labute approximate surface area is 130 Å². The lowest BCUT2D eigenvalue weighted by Crippen LogP contribution is -2.44. The van der Waals surface area contributed by atoms with E-state index in [9.17, 15) is 4.79 Å². The summed E-state index contributed by atoms with van der Waals surface area (Å²) in [6, 6.07) is 8.30. The van der Waals surface area contributed by atoms with Crippen molar-refractivity contribution < 1.29 is 14.3 Å². The van der Waals surface area contributed by atoms with E-state index >= 15 is 0 Å². The Morgan fingerprint density at radius 3 is 2.27 bits per heavy atom. The number of hydrogen-bond acceptors (Lipinski definition) is 4. The van der Waals surface area contributed by atoms with Gasteiger partial charge in [-0.05, 0) is 18.0 Å². The Bertz CT molecular complexity index is 619. The first kappa shape index (κ1) is 16.3. The number of cyclic esters (lactones) is 1. The van der Waals surface area contributed by atoms with Crippen LogP contribution in [-0.4, -0.2) is 17.4 Å². The Hall–Kier alpha value is -2.04. The molecule has 6 heteroatoms. The zero-order valence-corrected chi connectivity index (χ0v) is 13.5. The SMILES string of the molecule is CC(C)(C)[C@]1(C)OC(=O)[C@@](C)([C@H](N=[N+]=[N-])c2ccccc2)O1. The molecule has 1 heterocycles. The maximum atomic E-state index is 12.5. The Balaban J connectivity index is 2.48. The molecule has 1 aliphatic rings. The number of esters is 1. The van der Waals surface area contributed by atoms with E-state index in [1.165, 1.54) is 0 Å². The van der Waals surface area contributed by atoms with E-state index < -0.39 is 28.8 Å². The molecule has 0 spiro atoms. The fourth-order valence-corrected chi connectivity index (χ4v) is 2.40. The van der Waals surface area contributed by atoms with Crippen LogP contribution in [0.25, 0.3) is 10.4 Å². The summed E-state index contributed by atoms with van der Waals surface area (Å²) in [5.74, 6) is -1.61. The maximum absolute atomic E-state index is 12.5. The van der Waals surface area contributed by atoms with Gasteiger partial charge in [-0.1, -0.05) is 56.2 Å². The standard InChI is InChI=1S/C16H21N3O3/c1-14(2,3)16(5)21-13(20)15(4,22-16)12(18-19-17)11-9-7-6-8-10-11/h6-10,12H,1-5H3/t12-,15-,16-/m1/s1. The third kappa shape index (κ3) is 2.56. The van der Waals surface area contributed by atoms with Crippen molar-refractivity contribution in [2.24, 2.45) is 10.5 Å². The van der Waals surface area contributed by atoms with Crippen molar-refractivity contribution in [2.45, 2.75) is 52.0 Å². The fourth-order valence-electron chi connectivity index (χ4n) is 2.40. The van der Waals surface area contributed by atoms with Crippen molar-refractivity contribution >= 4 is 5.97 Å². The van der Waals surface area contributed by atoms with Crippen LogP contribution in [0.15, 0.2) is 35.4 Å². The van der Waals surface area contributed by atoms with Gasteiger partial charge in [0, 0.05) is 17.3 Å². The van der Waals surface area contributed by atoms with Gasteiger partial charge in [0.25, 0.3) is 0 Å². The highest BCUT2D eigenvalue weighted by Gasteiger charge is 2.61. The van der Waals surface area contributed by atoms with Gasteiger partial charge in [0.2, 0.25) is 5.79 Å². The van der Waals surface area contributed by atoms with E-state index in [1.807, 2.05) is 39.0 Å². The van der Waals surface area contributed by atoms with Crippen LogP contribution in [0.3, 0.4) is 0 Å². The largest absolute Gasteiger partial charge is 0.431 e. The van der Waals surface area contributed by atoms with Gasteiger partial charge >= 0.3 is 5.97 Å². The average molecular weight is 303 g/mol. The Kier molecular flexibility index (Phi) is 3.94. The predicted molar refractivity (Wildman–Crippen MR) is 81.8 cm³/mol. The molecule has 0 saturated carbocycles. The normalized spacial score (nSPS) is 29.6. The van der Waals surface area contributed by atoms with E-state index in [0.29, 0.717) is 5.56 Å². The van der Waals surface area contributed by atoms with Crippen molar-refractivity contribution in [1.82, 2.24) is 0 Å². The molecular weight excluding hydrogens is 282 g/mol. The summed E-state index contributed by atoms with van der Waals surface area (Å²) >= 11 is 0. The van der Waals surface area contributed by atoms with Gasteiger partial charge in [0.1, 0.15) is 6.04 Å². The summed E-state index contributed by atoms with van der Waals surface area (Å²) in [6.45, 7) is 9.12. The molecule has 0 radical (unpaired) electrons. The number of rotatable bonds is 3. The van der Waals surface area contributed by atoms with E-state index in [1.54, 1.807) is 26.0 Å². The Morgan fingerprint density at radius 2 is 1.82 bits per heavy atom. The lowest BCUT2D eigenvalue weighted by Gasteiger charge is -2.37. The quantitative estimate of drug-likeness (QED) is 0.364. The van der Waals surface area contributed by atoms with Gasteiger partial charge in [0.15, 0.2) is 5.60 Å². The number of benzene rings is 1. The van der Waals surface area contributed by atoms with E-state index in [2.05, 4.69) is 10.0 Å². The molecule has 0 bridgehead atoms. The molecule has 0 unspecified atom stereocenters. The van der Waals surface area contributed by atoms with Crippen molar-refractivity contribution in [3.63, 3.8) is 0 Å².